The van der Waals surface area contributed by atoms with E-state index in [1.807, 2.05) is 0 Å². The third-order valence-corrected chi connectivity index (χ3v) is 4.90. The molecule has 20 heavy (non-hydrogen) atoms. The maximum atomic E-state index is 2.45. The van der Waals surface area contributed by atoms with Crippen LogP contribution in [0, 0.1) is 19.8 Å². The van der Waals surface area contributed by atoms with Gasteiger partial charge in [0, 0.05) is 0 Å². The number of hydrogen-bond donors (Lipinski definition) is 0. The number of rotatable bonds is 4. The first-order valence-electron chi connectivity index (χ1n) is 7.95. The largest absolute Gasteiger partial charge is 0.0807 e. The summed E-state index contributed by atoms with van der Waals surface area (Å²) in [6, 6.07) is 6.97. The summed E-state index contributed by atoms with van der Waals surface area (Å²) in [5.74, 6) is 1.37. The Morgan fingerprint density at radius 2 is 1.90 bits per heavy atom. The lowest BCUT2D eigenvalue weighted by Gasteiger charge is -2.22. The average molecular weight is 268 g/mol. The molecule has 0 spiro atoms. The molecule has 1 aliphatic carbocycles. The number of hydrogen-bond acceptors (Lipinski definition) is 0. The Bertz CT molecular complexity index is 531. The summed E-state index contributed by atoms with van der Waals surface area (Å²) in [5, 5.41) is 0. The Hall–Kier alpha value is -1.30. The van der Waals surface area contributed by atoms with Crippen LogP contribution in [0.25, 0.3) is 0 Å². The molecule has 0 nitrogen and oxygen atoms in total. The van der Waals surface area contributed by atoms with Crippen LogP contribution in [0.3, 0.4) is 0 Å². The Morgan fingerprint density at radius 3 is 2.50 bits per heavy atom. The zero-order valence-electron chi connectivity index (χ0n) is 13.7. The molecule has 0 aliphatic heterocycles. The molecule has 0 saturated carbocycles. The van der Waals surface area contributed by atoms with E-state index in [1.165, 1.54) is 47.1 Å². The third-order valence-electron chi connectivity index (χ3n) is 4.90. The van der Waals surface area contributed by atoms with Crippen molar-refractivity contribution in [2.75, 3.05) is 0 Å². The summed E-state index contributed by atoms with van der Waals surface area (Å²) < 4.78 is 0. The van der Waals surface area contributed by atoms with E-state index >= 15 is 0 Å². The van der Waals surface area contributed by atoms with E-state index < -0.39 is 0 Å². The summed E-state index contributed by atoms with van der Waals surface area (Å²) in [6.07, 6.45) is 8.46. The molecule has 0 heterocycles. The van der Waals surface area contributed by atoms with E-state index in [4.69, 9.17) is 0 Å². The fraction of sp³-hybridized carbons (Fsp3) is 0.500. The zero-order valence-corrected chi connectivity index (χ0v) is 13.7. The van der Waals surface area contributed by atoms with Crippen molar-refractivity contribution in [2.45, 2.75) is 59.8 Å². The van der Waals surface area contributed by atoms with Crippen molar-refractivity contribution in [3.63, 3.8) is 0 Å². The minimum Gasteiger partial charge on any atom is -0.0807 e. The molecule has 1 aromatic carbocycles. The van der Waals surface area contributed by atoms with Gasteiger partial charge >= 0.3 is 0 Å². The van der Waals surface area contributed by atoms with Crippen LogP contribution < -0.4 is 0 Å². The molecule has 0 amide bonds. The molecule has 0 aromatic heterocycles. The molecular weight excluding hydrogens is 240 g/mol. The van der Waals surface area contributed by atoms with Gasteiger partial charge in [0.1, 0.15) is 0 Å². The molecule has 1 aromatic rings. The van der Waals surface area contributed by atoms with Crippen molar-refractivity contribution >= 4 is 0 Å². The Labute approximate surface area is 124 Å². The maximum Gasteiger partial charge on any atom is -0.0124 e. The van der Waals surface area contributed by atoms with Crippen LogP contribution in [0.2, 0.25) is 0 Å². The summed E-state index contributed by atoms with van der Waals surface area (Å²) in [7, 11) is 0. The molecule has 1 aliphatic rings. The summed E-state index contributed by atoms with van der Waals surface area (Å²) in [6.45, 7) is 11.3. The second-order valence-corrected chi connectivity index (χ2v) is 6.46. The van der Waals surface area contributed by atoms with Crippen LogP contribution in [0.15, 0.2) is 41.5 Å². The van der Waals surface area contributed by atoms with E-state index in [2.05, 4.69) is 65.0 Å². The molecular formula is C20H28. The van der Waals surface area contributed by atoms with Gasteiger partial charge in [0.05, 0.1) is 0 Å². The van der Waals surface area contributed by atoms with E-state index in [9.17, 15) is 0 Å². The molecule has 0 bridgehead atoms. The smallest absolute Gasteiger partial charge is 0.0124 e. The van der Waals surface area contributed by atoms with Crippen LogP contribution in [-0.2, 0) is 0 Å². The molecule has 0 heteroatoms. The minimum atomic E-state index is 0.651. The van der Waals surface area contributed by atoms with Gasteiger partial charge in [0.15, 0.2) is 0 Å². The van der Waals surface area contributed by atoms with Gasteiger partial charge < -0.3 is 0 Å². The van der Waals surface area contributed by atoms with Crippen molar-refractivity contribution in [1.82, 2.24) is 0 Å². The molecule has 0 saturated heterocycles. The Morgan fingerprint density at radius 1 is 1.15 bits per heavy atom. The number of benzene rings is 1. The van der Waals surface area contributed by atoms with Crippen LogP contribution >= 0.6 is 0 Å². The second-order valence-electron chi connectivity index (χ2n) is 6.46. The van der Waals surface area contributed by atoms with Crippen molar-refractivity contribution in [3.05, 3.63) is 58.2 Å². The maximum absolute atomic E-state index is 2.45. The predicted molar refractivity (Wildman–Crippen MR) is 89.2 cm³/mol. The number of aryl methyl sites for hydroxylation is 2. The molecule has 108 valence electrons. The fourth-order valence-corrected chi connectivity index (χ4v) is 2.95. The lowest BCUT2D eigenvalue weighted by atomic mass is 9.83. The predicted octanol–water partition coefficient (Wildman–Crippen LogP) is 6.10. The van der Waals surface area contributed by atoms with Crippen molar-refractivity contribution < 1.29 is 0 Å². The van der Waals surface area contributed by atoms with E-state index in [1.54, 1.807) is 0 Å². The highest BCUT2D eigenvalue weighted by Crippen LogP contribution is 2.32. The first-order valence-corrected chi connectivity index (χ1v) is 7.95. The van der Waals surface area contributed by atoms with Gasteiger partial charge in [-0.1, -0.05) is 55.3 Å². The monoisotopic (exact) mass is 268 g/mol. The number of allylic oxidation sites excluding steroid dienone is 4. The van der Waals surface area contributed by atoms with Crippen molar-refractivity contribution in [2.24, 2.45) is 5.92 Å². The molecule has 2 atom stereocenters. The first-order chi connectivity index (χ1) is 9.51. The van der Waals surface area contributed by atoms with Crippen LogP contribution in [0.1, 0.15) is 62.6 Å². The van der Waals surface area contributed by atoms with Gasteiger partial charge in [-0.05, 0) is 68.6 Å². The Kier molecular flexibility index (Phi) is 4.86. The highest BCUT2D eigenvalue weighted by molar-refractivity contribution is 5.35. The van der Waals surface area contributed by atoms with E-state index in [0.29, 0.717) is 5.92 Å². The molecule has 2 unspecified atom stereocenters. The quantitative estimate of drug-likeness (QED) is 0.619. The molecule has 0 radical (unpaired) electrons. The van der Waals surface area contributed by atoms with Crippen molar-refractivity contribution in [1.29, 1.82) is 0 Å². The molecule has 2 rings (SSSR count). The van der Waals surface area contributed by atoms with Gasteiger partial charge in [-0.2, -0.15) is 0 Å². The van der Waals surface area contributed by atoms with E-state index in [0.717, 1.165) is 5.92 Å². The molecule has 0 fully saturated rings. The van der Waals surface area contributed by atoms with Crippen LogP contribution in [-0.4, -0.2) is 0 Å². The van der Waals surface area contributed by atoms with Crippen LogP contribution in [0.5, 0.6) is 0 Å². The molecule has 0 N–H and O–H groups in total. The minimum absolute atomic E-state index is 0.651. The standard InChI is InChI=1S/C20H28/c1-6-19(20-10-8-15(3)17(5)12-20)13-18-9-7-14(2)16(4)11-18/h8-12,14,19H,6-7,13H2,1-5H3. The summed E-state index contributed by atoms with van der Waals surface area (Å²) in [5.41, 5.74) is 7.38. The van der Waals surface area contributed by atoms with Crippen LogP contribution in [0.4, 0.5) is 0 Å². The highest BCUT2D eigenvalue weighted by atomic mass is 14.2. The Balaban J connectivity index is 2.15. The lowest BCUT2D eigenvalue weighted by molar-refractivity contribution is 0.635. The average Bonchev–Trinajstić information content (AvgIpc) is 2.43. The zero-order chi connectivity index (χ0) is 14.7. The highest BCUT2D eigenvalue weighted by Gasteiger charge is 2.15. The fourth-order valence-electron chi connectivity index (χ4n) is 2.95. The topological polar surface area (TPSA) is 0 Å². The van der Waals surface area contributed by atoms with E-state index in [-0.39, 0.29) is 0 Å². The normalized spacial score (nSPS) is 20.4. The van der Waals surface area contributed by atoms with Gasteiger partial charge in [0.25, 0.3) is 0 Å². The SMILES string of the molecule is CCC(CC1=CCC(C)C(C)=C1)c1ccc(C)c(C)c1. The van der Waals surface area contributed by atoms with Crippen molar-refractivity contribution in [3.8, 4) is 0 Å². The van der Waals surface area contributed by atoms with Gasteiger partial charge in [-0.25, -0.2) is 0 Å². The van der Waals surface area contributed by atoms with Gasteiger partial charge in [-0.15, -0.1) is 0 Å². The van der Waals surface area contributed by atoms with Gasteiger partial charge in [0.2, 0.25) is 0 Å². The summed E-state index contributed by atoms with van der Waals surface area (Å²) in [4.78, 5) is 0. The summed E-state index contributed by atoms with van der Waals surface area (Å²) >= 11 is 0. The second kappa shape index (κ2) is 6.43. The lowest BCUT2D eigenvalue weighted by Crippen LogP contribution is -2.05. The third kappa shape index (κ3) is 3.42. The van der Waals surface area contributed by atoms with Gasteiger partial charge in [-0.3, -0.25) is 0 Å². The first kappa shape index (κ1) is 15.1.